The minimum Gasteiger partial charge on any atom is -0.497 e. The predicted molar refractivity (Wildman–Crippen MR) is 89.7 cm³/mol. The Morgan fingerprint density at radius 3 is 2.43 bits per heavy atom. The summed E-state index contributed by atoms with van der Waals surface area (Å²) < 4.78 is 16.1. The number of hydrogen-bond donors (Lipinski definition) is 1. The van der Waals surface area contributed by atoms with E-state index in [0.717, 1.165) is 0 Å². The fourth-order valence-corrected chi connectivity index (χ4v) is 2.09. The maximum absolute atomic E-state index is 12.5. The molecule has 0 spiro atoms. The zero-order valence-corrected chi connectivity index (χ0v) is 13.8. The normalized spacial score (nSPS) is 10.3. The van der Waals surface area contributed by atoms with Crippen molar-refractivity contribution in [3.63, 3.8) is 0 Å². The number of ether oxygens (including phenoxy) is 3. The van der Waals surface area contributed by atoms with Crippen LogP contribution in [0.1, 0.15) is 24.2 Å². The molecule has 0 heterocycles. The van der Waals surface area contributed by atoms with E-state index in [2.05, 4.69) is 5.32 Å². The van der Waals surface area contributed by atoms with E-state index in [9.17, 15) is 4.79 Å². The number of nitrogens with one attached hydrogen (secondary N) is 1. The Labute approximate surface area is 136 Å². The van der Waals surface area contributed by atoms with Gasteiger partial charge in [-0.05, 0) is 44.2 Å². The highest BCUT2D eigenvalue weighted by atomic mass is 16.5. The summed E-state index contributed by atoms with van der Waals surface area (Å²) in [5.74, 6) is 1.61. The van der Waals surface area contributed by atoms with E-state index in [1.165, 1.54) is 0 Å². The molecule has 1 amide bonds. The molecule has 5 nitrogen and oxygen atoms in total. The molecule has 2 aromatic carbocycles. The Kier molecular flexibility index (Phi) is 5.46. The highest BCUT2D eigenvalue weighted by Gasteiger charge is 2.12. The van der Waals surface area contributed by atoms with Gasteiger partial charge in [-0.25, -0.2) is 0 Å². The lowest BCUT2D eigenvalue weighted by atomic mass is 10.2. The van der Waals surface area contributed by atoms with Crippen LogP contribution >= 0.6 is 0 Å². The highest BCUT2D eigenvalue weighted by molar-refractivity contribution is 6.05. The van der Waals surface area contributed by atoms with Crippen LogP contribution in [0, 0.1) is 0 Å². The molecular weight excluding hydrogens is 294 g/mol. The zero-order valence-electron chi connectivity index (χ0n) is 13.8. The minimum atomic E-state index is -0.245. The van der Waals surface area contributed by atoms with E-state index in [1.54, 1.807) is 50.6 Å². The van der Waals surface area contributed by atoms with Crippen molar-refractivity contribution in [3.8, 4) is 17.2 Å². The molecule has 0 saturated carbocycles. The van der Waals surface area contributed by atoms with Crippen LogP contribution in [0.15, 0.2) is 42.5 Å². The second-order valence-electron chi connectivity index (χ2n) is 5.21. The lowest BCUT2D eigenvalue weighted by Crippen LogP contribution is -2.13. The quantitative estimate of drug-likeness (QED) is 0.882. The second-order valence-corrected chi connectivity index (χ2v) is 5.21. The summed E-state index contributed by atoms with van der Waals surface area (Å²) in [7, 11) is 3.12. The van der Waals surface area contributed by atoms with Gasteiger partial charge in [0.15, 0.2) is 0 Å². The molecule has 0 fully saturated rings. The Morgan fingerprint density at radius 2 is 1.78 bits per heavy atom. The molecule has 0 aromatic heterocycles. The third kappa shape index (κ3) is 4.39. The van der Waals surface area contributed by atoms with Gasteiger partial charge in [0.25, 0.3) is 5.91 Å². The molecular formula is C18H21NO4. The molecule has 0 bridgehead atoms. The second kappa shape index (κ2) is 7.54. The van der Waals surface area contributed by atoms with Gasteiger partial charge in [-0.2, -0.15) is 0 Å². The molecule has 0 radical (unpaired) electrons. The Bertz CT molecular complexity index is 682. The Hall–Kier alpha value is -2.69. The molecule has 0 aliphatic carbocycles. The number of hydrogen-bond acceptors (Lipinski definition) is 4. The lowest BCUT2D eigenvalue weighted by Gasteiger charge is -2.13. The largest absolute Gasteiger partial charge is 0.497 e. The fourth-order valence-electron chi connectivity index (χ4n) is 2.09. The predicted octanol–water partition coefficient (Wildman–Crippen LogP) is 3.74. The van der Waals surface area contributed by atoms with Crippen molar-refractivity contribution in [2.45, 2.75) is 20.0 Å². The Morgan fingerprint density at radius 1 is 1.00 bits per heavy atom. The lowest BCUT2D eigenvalue weighted by molar-refractivity contribution is 0.102. The van der Waals surface area contributed by atoms with E-state index in [0.29, 0.717) is 28.5 Å². The number of methoxy groups -OCH3 is 2. The summed E-state index contributed by atoms with van der Waals surface area (Å²) in [4.78, 5) is 12.5. The molecule has 0 atom stereocenters. The van der Waals surface area contributed by atoms with E-state index in [4.69, 9.17) is 14.2 Å². The van der Waals surface area contributed by atoms with Crippen LogP contribution in [0.25, 0.3) is 0 Å². The van der Waals surface area contributed by atoms with Crippen molar-refractivity contribution in [2.24, 2.45) is 0 Å². The van der Waals surface area contributed by atoms with Crippen LogP contribution in [-0.2, 0) is 0 Å². The first kappa shape index (κ1) is 16.7. The van der Waals surface area contributed by atoms with Crippen molar-refractivity contribution in [1.29, 1.82) is 0 Å². The van der Waals surface area contributed by atoms with Gasteiger partial charge in [0.2, 0.25) is 0 Å². The highest BCUT2D eigenvalue weighted by Crippen LogP contribution is 2.29. The van der Waals surface area contributed by atoms with Gasteiger partial charge in [0.1, 0.15) is 17.2 Å². The van der Waals surface area contributed by atoms with Crippen molar-refractivity contribution >= 4 is 11.6 Å². The molecule has 0 saturated heterocycles. The first-order valence-electron chi connectivity index (χ1n) is 7.33. The number of anilines is 1. The molecule has 2 aromatic rings. The molecule has 0 aliphatic rings. The Balaban J connectivity index is 2.22. The van der Waals surface area contributed by atoms with E-state index in [-0.39, 0.29) is 12.0 Å². The number of benzene rings is 2. The molecule has 23 heavy (non-hydrogen) atoms. The minimum absolute atomic E-state index is 0.0480. The van der Waals surface area contributed by atoms with Crippen LogP contribution in [-0.4, -0.2) is 26.2 Å². The maximum Gasteiger partial charge on any atom is 0.255 e. The van der Waals surface area contributed by atoms with Gasteiger partial charge < -0.3 is 19.5 Å². The smallest absolute Gasteiger partial charge is 0.255 e. The molecule has 0 aliphatic heterocycles. The summed E-state index contributed by atoms with van der Waals surface area (Å²) in [6, 6.07) is 12.3. The zero-order chi connectivity index (χ0) is 16.8. The van der Waals surface area contributed by atoms with Crippen molar-refractivity contribution in [1.82, 2.24) is 0 Å². The first-order chi connectivity index (χ1) is 11.0. The standard InChI is InChI=1S/C18H21NO4/c1-12(2)23-15-7-5-6-13(10-15)18(20)19-16-11-14(21-3)8-9-17(16)22-4/h5-12H,1-4H3,(H,19,20). The number of carbonyl (C=O) groups excluding carboxylic acids is 1. The van der Waals surface area contributed by atoms with Gasteiger partial charge in [-0.3, -0.25) is 4.79 Å². The van der Waals surface area contributed by atoms with Crippen molar-refractivity contribution in [2.75, 3.05) is 19.5 Å². The van der Waals surface area contributed by atoms with Gasteiger partial charge in [0.05, 0.1) is 26.0 Å². The third-order valence-corrected chi connectivity index (χ3v) is 3.12. The molecule has 0 unspecified atom stereocenters. The van der Waals surface area contributed by atoms with E-state index >= 15 is 0 Å². The number of amides is 1. The van der Waals surface area contributed by atoms with Crippen LogP contribution in [0.5, 0.6) is 17.2 Å². The number of carbonyl (C=O) groups is 1. The summed E-state index contributed by atoms with van der Waals surface area (Å²) in [6.45, 7) is 3.88. The summed E-state index contributed by atoms with van der Waals surface area (Å²) >= 11 is 0. The molecule has 122 valence electrons. The number of rotatable bonds is 6. The van der Waals surface area contributed by atoms with Gasteiger partial charge in [-0.15, -0.1) is 0 Å². The molecule has 2 rings (SSSR count). The monoisotopic (exact) mass is 315 g/mol. The van der Waals surface area contributed by atoms with Crippen LogP contribution < -0.4 is 19.5 Å². The SMILES string of the molecule is COc1ccc(OC)c(NC(=O)c2cccc(OC(C)C)c2)c1. The summed E-state index contributed by atoms with van der Waals surface area (Å²) in [6.07, 6.45) is 0.0480. The fraction of sp³-hybridized carbons (Fsp3) is 0.278. The summed E-state index contributed by atoms with van der Waals surface area (Å²) in [5.41, 5.74) is 1.06. The van der Waals surface area contributed by atoms with Gasteiger partial charge >= 0.3 is 0 Å². The van der Waals surface area contributed by atoms with E-state index < -0.39 is 0 Å². The van der Waals surface area contributed by atoms with Crippen molar-refractivity contribution < 1.29 is 19.0 Å². The van der Waals surface area contributed by atoms with E-state index in [1.807, 2.05) is 19.9 Å². The molecule has 5 heteroatoms. The van der Waals surface area contributed by atoms with Gasteiger partial charge in [-0.1, -0.05) is 6.07 Å². The van der Waals surface area contributed by atoms with Crippen LogP contribution in [0.2, 0.25) is 0 Å². The maximum atomic E-state index is 12.5. The van der Waals surface area contributed by atoms with Crippen LogP contribution in [0.3, 0.4) is 0 Å². The summed E-state index contributed by atoms with van der Waals surface area (Å²) in [5, 5.41) is 2.83. The van der Waals surface area contributed by atoms with Gasteiger partial charge in [0, 0.05) is 11.6 Å². The average molecular weight is 315 g/mol. The average Bonchev–Trinajstić information content (AvgIpc) is 2.54. The van der Waals surface area contributed by atoms with Crippen LogP contribution in [0.4, 0.5) is 5.69 Å². The van der Waals surface area contributed by atoms with Crippen molar-refractivity contribution in [3.05, 3.63) is 48.0 Å². The third-order valence-electron chi connectivity index (χ3n) is 3.12. The first-order valence-corrected chi connectivity index (χ1v) is 7.33. The molecule has 1 N–H and O–H groups in total. The topological polar surface area (TPSA) is 56.8 Å².